The van der Waals surface area contributed by atoms with E-state index in [1.807, 2.05) is 24.0 Å². The second kappa shape index (κ2) is 10.4. The first-order chi connectivity index (χ1) is 16.0. The van der Waals surface area contributed by atoms with Crippen LogP contribution in [0.4, 0.5) is 0 Å². The van der Waals surface area contributed by atoms with Gasteiger partial charge in [-0.15, -0.1) is 0 Å². The van der Waals surface area contributed by atoms with E-state index in [9.17, 15) is 14.4 Å². The van der Waals surface area contributed by atoms with Crippen LogP contribution in [0, 0.1) is 6.92 Å². The van der Waals surface area contributed by atoms with E-state index in [2.05, 4.69) is 4.90 Å². The summed E-state index contributed by atoms with van der Waals surface area (Å²) >= 11 is 0. The summed E-state index contributed by atoms with van der Waals surface area (Å²) < 4.78 is 10.7. The lowest BCUT2D eigenvalue weighted by molar-refractivity contribution is -0.134. The van der Waals surface area contributed by atoms with Crippen LogP contribution >= 0.6 is 0 Å². The first-order valence-corrected chi connectivity index (χ1v) is 11.8. The molecule has 2 saturated heterocycles. The van der Waals surface area contributed by atoms with Crippen LogP contribution in [0.3, 0.4) is 0 Å². The van der Waals surface area contributed by atoms with Crippen molar-refractivity contribution < 1.29 is 18.7 Å². The number of hydrogen-bond donors (Lipinski definition) is 0. The summed E-state index contributed by atoms with van der Waals surface area (Å²) in [6, 6.07) is 5.34. The highest BCUT2D eigenvalue weighted by Crippen LogP contribution is 2.24. The molecule has 0 N–H and O–H groups in total. The van der Waals surface area contributed by atoms with Crippen LogP contribution in [-0.2, 0) is 16.0 Å². The van der Waals surface area contributed by atoms with Gasteiger partial charge in [-0.25, -0.2) is 4.79 Å². The minimum atomic E-state index is -0.483. The molecule has 4 rings (SSSR count). The van der Waals surface area contributed by atoms with E-state index in [-0.39, 0.29) is 18.2 Å². The van der Waals surface area contributed by atoms with Gasteiger partial charge in [0.1, 0.15) is 11.3 Å². The summed E-state index contributed by atoms with van der Waals surface area (Å²) in [6.45, 7) is 6.42. The SMILES string of the molecule is COc1ccc2c(C)c(CC(=O)N3CCN(CC(=O)N4CCCCCC4)CC3)c(=O)oc2c1. The van der Waals surface area contributed by atoms with Gasteiger partial charge in [0.05, 0.1) is 25.6 Å². The second-order valence-corrected chi connectivity index (χ2v) is 8.98. The minimum Gasteiger partial charge on any atom is -0.497 e. The average Bonchev–Trinajstić information content (AvgIpc) is 3.11. The number of piperazine rings is 1. The quantitative estimate of drug-likeness (QED) is 0.643. The second-order valence-electron chi connectivity index (χ2n) is 8.98. The summed E-state index contributed by atoms with van der Waals surface area (Å²) in [5, 5.41) is 0.801. The molecule has 33 heavy (non-hydrogen) atoms. The number of fused-ring (bicyclic) bond motifs is 1. The zero-order valence-corrected chi connectivity index (χ0v) is 19.6. The fourth-order valence-electron chi connectivity index (χ4n) is 4.74. The summed E-state index contributed by atoms with van der Waals surface area (Å²) in [7, 11) is 1.56. The van der Waals surface area contributed by atoms with Crippen LogP contribution in [0.15, 0.2) is 27.4 Å². The Morgan fingerprint density at radius 1 is 0.939 bits per heavy atom. The number of nitrogens with zero attached hydrogens (tertiary/aromatic N) is 3. The lowest BCUT2D eigenvalue weighted by Gasteiger charge is -2.35. The first kappa shape index (κ1) is 23.3. The maximum absolute atomic E-state index is 13.0. The zero-order chi connectivity index (χ0) is 23.4. The molecule has 8 heteroatoms. The van der Waals surface area contributed by atoms with Crippen molar-refractivity contribution in [3.8, 4) is 5.75 Å². The molecule has 8 nitrogen and oxygen atoms in total. The van der Waals surface area contributed by atoms with Crippen molar-refractivity contribution in [2.75, 3.05) is 52.9 Å². The van der Waals surface area contributed by atoms with E-state index in [1.54, 1.807) is 18.1 Å². The Labute approximate surface area is 194 Å². The molecule has 0 atom stereocenters. The molecule has 2 fully saturated rings. The molecule has 1 aromatic heterocycles. The monoisotopic (exact) mass is 455 g/mol. The van der Waals surface area contributed by atoms with Crippen LogP contribution in [-0.4, -0.2) is 79.4 Å². The van der Waals surface area contributed by atoms with Crippen LogP contribution in [0.25, 0.3) is 11.0 Å². The van der Waals surface area contributed by atoms with Crippen molar-refractivity contribution >= 4 is 22.8 Å². The van der Waals surface area contributed by atoms with E-state index in [0.717, 1.165) is 36.9 Å². The zero-order valence-electron chi connectivity index (χ0n) is 19.6. The van der Waals surface area contributed by atoms with Gasteiger partial charge in [0.15, 0.2) is 0 Å². The van der Waals surface area contributed by atoms with Gasteiger partial charge in [-0.05, 0) is 37.5 Å². The third kappa shape index (κ3) is 5.38. The smallest absolute Gasteiger partial charge is 0.340 e. The van der Waals surface area contributed by atoms with Crippen molar-refractivity contribution in [1.82, 2.24) is 14.7 Å². The first-order valence-electron chi connectivity index (χ1n) is 11.8. The van der Waals surface area contributed by atoms with Crippen molar-refractivity contribution in [2.45, 2.75) is 39.0 Å². The van der Waals surface area contributed by atoms with Crippen molar-refractivity contribution in [1.29, 1.82) is 0 Å². The molecule has 178 valence electrons. The molecule has 0 saturated carbocycles. The van der Waals surface area contributed by atoms with Gasteiger partial charge >= 0.3 is 5.63 Å². The van der Waals surface area contributed by atoms with E-state index in [1.165, 1.54) is 12.8 Å². The summed E-state index contributed by atoms with van der Waals surface area (Å²) in [6.07, 6.45) is 4.60. The number of carbonyl (C=O) groups excluding carboxylic acids is 2. The fourth-order valence-corrected chi connectivity index (χ4v) is 4.74. The normalized spacial score (nSPS) is 17.8. The molecule has 2 aliphatic rings. The Kier molecular flexibility index (Phi) is 7.33. The lowest BCUT2D eigenvalue weighted by Crippen LogP contribution is -2.52. The van der Waals surface area contributed by atoms with Crippen LogP contribution < -0.4 is 10.4 Å². The molecule has 2 aromatic rings. The number of benzene rings is 1. The van der Waals surface area contributed by atoms with E-state index < -0.39 is 5.63 Å². The maximum Gasteiger partial charge on any atom is 0.340 e. The standard InChI is InChI=1S/C25H33N3O5/c1-18-20-8-7-19(32-2)15-22(20)33-25(31)21(18)16-23(29)28-13-11-26(12-14-28)17-24(30)27-9-5-3-4-6-10-27/h7-8,15H,3-6,9-14,16-17H2,1-2H3. The third-order valence-corrected chi connectivity index (χ3v) is 6.87. The number of aryl methyl sites for hydroxylation is 1. The van der Waals surface area contributed by atoms with Gasteiger partial charge < -0.3 is 19.0 Å². The molecule has 2 aliphatic heterocycles. The summed E-state index contributed by atoms with van der Waals surface area (Å²) in [5.74, 6) is 0.718. The summed E-state index contributed by atoms with van der Waals surface area (Å²) in [5.41, 5.74) is 1.13. The number of likely N-dealkylation sites (tertiary alicyclic amines) is 1. The number of ether oxygens (including phenoxy) is 1. The molecule has 1 aromatic carbocycles. The lowest BCUT2D eigenvalue weighted by atomic mass is 10.0. The Balaban J connectivity index is 1.35. The Bertz CT molecular complexity index is 1060. The molecule has 0 aliphatic carbocycles. The van der Waals surface area contributed by atoms with Crippen molar-refractivity contribution in [3.63, 3.8) is 0 Å². The molecule has 0 spiro atoms. The highest BCUT2D eigenvalue weighted by Gasteiger charge is 2.26. The van der Waals surface area contributed by atoms with Gasteiger partial charge in [-0.1, -0.05) is 12.8 Å². The van der Waals surface area contributed by atoms with Gasteiger partial charge in [0, 0.05) is 50.7 Å². The Morgan fingerprint density at radius 3 is 2.27 bits per heavy atom. The fraction of sp³-hybridized carbons (Fsp3) is 0.560. The third-order valence-electron chi connectivity index (χ3n) is 6.87. The van der Waals surface area contributed by atoms with Crippen molar-refractivity contribution in [3.05, 3.63) is 39.7 Å². The summed E-state index contributed by atoms with van der Waals surface area (Å²) in [4.78, 5) is 44.1. The van der Waals surface area contributed by atoms with Crippen LogP contribution in [0.5, 0.6) is 5.75 Å². The predicted molar refractivity (Wildman–Crippen MR) is 126 cm³/mol. The van der Waals surface area contributed by atoms with Gasteiger partial charge in [-0.3, -0.25) is 14.5 Å². The minimum absolute atomic E-state index is 0.0167. The highest BCUT2D eigenvalue weighted by molar-refractivity contribution is 5.85. The van der Waals surface area contributed by atoms with Gasteiger partial charge in [0.25, 0.3) is 0 Å². The number of hydrogen-bond acceptors (Lipinski definition) is 6. The van der Waals surface area contributed by atoms with Crippen molar-refractivity contribution in [2.24, 2.45) is 0 Å². The molecule has 2 amide bonds. The van der Waals surface area contributed by atoms with E-state index in [0.29, 0.717) is 49.6 Å². The topological polar surface area (TPSA) is 83.3 Å². The van der Waals surface area contributed by atoms with Crippen LogP contribution in [0.1, 0.15) is 36.8 Å². The van der Waals surface area contributed by atoms with Gasteiger partial charge in [-0.2, -0.15) is 0 Å². The highest BCUT2D eigenvalue weighted by atomic mass is 16.5. The molecular weight excluding hydrogens is 422 g/mol. The van der Waals surface area contributed by atoms with E-state index >= 15 is 0 Å². The number of methoxy groups -OCH3 is 1. The molecular formula is C25H33N3O5. The molecule has 3 heterocycles. The molecule has 0 unspecified atom stereocenters. The molecule has 0 bridgehead atoms. The van der Waals surface area contributed by atoms with Crippen LogP contribution in [0.2, 0.25) is 0 Å². The van der Waals surface area contributed by atoms with Gasteiger partial charge in [0.2, 0.25) is 11.8 Å². The number of carbonyl (C=O) groups is 2. The Morgan fingerprint density at radius 2 is 1.61 bits per heavy atom. The maximum atomic E-state index is 13.0. The average molecular weight is 456 g/mol. The largest absolute Gasteiger partial charge is 0.497 e. The van der Waals surface area contributed by atoms with E-state index in [4.69, 9.17) is 9.15 Å². The number of amides is 2. The molecule has 0 radical (unpaired) electrons. The Hall–Kier alpha value is -2.87. The predicted octanol–water partition coefficient (Wildman–Crippen LogP) is 2.20. The number of rotatable bonds is 5.